The van der Waals surface area contributed by atoms with Crippen LogP contribution < -0.4 is 0 Å². The van der Waals surface area contributed by atoms with Crippen molar-refractivity contribution >= 4 is 17.5 Å². The van der Waals surface area contributed by atoms with E-state index in [2.05, 4.69) is 5.10 Å². The third-order valence-corrected chi connectivity index (χ3v) is 4.45. The summed E-state index contributed by atoms with van der Waals surface area (Å²) in [6.07, 6.45) is 0. The van der Waals surface area contributed by atoms with Crippen LogP contribution in [0.3, 0.4) is 0 Å². The first-order valence-electron chi connectivity index (χ1n) is 8.09. The van der Waals surface area contributed by atoms with Crippen LogP contribution in [-0.4, -0.2) is 27.6 Å². The summed E-state index contributed by atoms with van der Waals surface area (Å²) in [4.78, 5) is 14.6. The van der Waals surface area contributed by atoms with Gasteiger partial charge < -0.3 is 4.90 Å². The van der Waals surface area contributed by atoms with Gasteiger partial charge in [0.25, 0.3) is 5.91 Å². The molecule has 128 valence electrons. The zero-order valence-corrected chi connectivity index (χ0v) is 15.3. The Morgan fingerprint density at radius 2 is 1.72 bits per heavy atom. The maximum Gasteiger partial charge on any atom is 0.258 e. The molecular weight excluding hydrogens is 334 g/mol. The summed E-state index contributed by atoms with van der Waals surface area (Å²) < 4.78 is 1.60. The van der Waals surface area contributed by atoms with Crippen molar-refractivity contribution in [3.63, 3.8) is 0 Å². The molecule has 25 heavy (non-hydrogen) atoms. The van der Waals surface area contributed by atoms with E-state index in [9.17, 15) is 4.79 Å². The predicted octanol–water partition coefficient (Wildman–Crippen LogP) is 4.41. The number of amides is 1. The molecule has 1 amide bonds. The Morgan fingerprint density at radius 1 is 1.08 bits per heavy atom. The third-order valence-electron chi connectivity index (χ3n) is 4.11. The standard InChI is InChI=1S/C20H20ClN3O/c1-14-9-11-16(12-10-14)13-23(3)20(25)18-15(2)22-24(19(18)21)17-7-5-4-6-8-17/h4-12H,13H2,1-3H3. The van der Waals surface area contributed by atoms with Crippen LogP contribution >= 0.6 is 11.6 Å². The molecule has 1 heterocycles. The number of hydrogen-bond donors (Lipinski definition) is 0. The van der Waals surface area contributed by atoms with Crippen molar-refractivity contribution in [1.82, 2.24) is 14.7 Å². The first-order chi connectivity index (χ1) is 12.0. The molecule has 0 bridgehead atoms. The first kappa shape index (κ1) is 17.2. The molecule has 0 aliphatic heterocycles. The van der Waals surface area contributed by atoms with Crippen LogP contribution in [0.25, 0.3) is 5.69 Å². The number of para-hydroxylation sites is 1. The molecule has 2 aromatic carbocycles. The van der Waals surface area contributed by atoms with Crippen molar-refractivity contribution in [2.75, 3.05) is 7.05 Å². The van der Waals surface area contributed by atoms with Crippen molar-refractivity contribution in [3.8, 4) is 5.69 Å². The minimum atomic E-state index is -0.134. The minimum Gasteiger partial charge on any atom is -0.337 e. The molecule has 0 N–H and O–H groups in total. The second-order valence-corrected chi connectivity index (χ2v) is 6.50. The summed E-state index contributed by atoms with van der Waals surface area (Å²) in [5, 5.41) is 4.78. The molecule has 1 aromatic heterocycles. The summed E-state index contributed by atoms with van der Waals surface area (Å²) in [6, 6.07) is 17.7. The highest BCUT2D eigenvalue weighted by Gasteiger charge is 2.23. The number of nitrogens with zero attached hydrogens (tertiary/aromatic N) is 3. The lowest BCUT2D eigenvalue weighted by atomic mass is 10.1. The lowest BCUT2D eigenvalue weighted by Gasteiger charge is -2.17. The van der Waals surface area contributed by atoms with E-state index in [1.807, 2.05) is 61.5 Å². The molecule has 4 nitrogen and oxygen atoms in total. The van der Waals surface area contributed by atoms with Crippen molar-refractivity contribution in [2.45, 2.75) is 20.4 Å². The average Bonchev–Trinajstić information content (AvgIpc) is 2.91. The number of aromatic nitrogens is 2. The van der Waals surface area contributed by atoms with Gasteiger partial charge in [-0.15, -0.1) is 0 Å². The number of benzene rings is 2. The van der Waals surface area contributed by atoms with E-state index in [1.54, 1.807) is 23.6 Å². The smallest absolute Gasteiger partial charge is 0.258 e. The van der Waals surface area contributed by atoms with Crippen molar-refractivity contribution < 1.29 is 4.79 Å². The molecule has 0 saturated carbocycles. The normalized spacial score (nSPS) is 10.7. The molecule has 0 fully saturated rings. The Morgan fingerprint density at radius 3 is 2.36 bits per heavy atom. The fourth-order valence-electron chi connectivity index (χ4n) is 2.71. The van der Waals surface area contributed by atoms with E-state index < -0.39 is 0 Å². The van der Waals surface area contributed by atoms with Gasteiger partial charge >= 0.3 is 0 Å². The highest BCUT2D eigenvalue weighted by atomic mass is 35.5. The average molecular weight is 354 g/mol. The number of rotatable bonds is 4. The molecule has 0 radical (unpaired) electrons. The minimum absolute atomic E-state index is 0.134. The van der Waals surface area contributed by atoms with Crippen molar-refractivity contribution in [2.24, 2.45) is 0 Å². The number of carbonyl (C=O) groups is 1. The molecular formula is C20H20ClN3O. The zero-order valence-electron chi connectivity index (χ0n) is 14.5. The summed E-state index contributed by atoms with van der Waals surface area (Å²) in [5.41, 5.74) is 4.16. The van der Waals surface area contributed by atoms with E-state index in [0.717, 1.165) is 11.3 Å². The largest absolute Gasteiger partial charge is 0.337 e. The first-order valence-corrected chi connectivity index (χ1v) is 8.46. The highest BCUT2D eigenvalue weighted by molar-refractivity contribution is 6.33. The van der Waals surface area contributed by atoms with Gasteiger partial charge in [0.1, 0.15) is 5.15 Å². The Bertz CT molecular complexity index is 885. The van der Waals surface area contributed by atoms with Gasteiger partial charge in [-0.1, -0.05) is 59.6 Å². The van der Waals surface area contributed by atoms with Gasteiger partial charge in [0.2, 0.25) is 0 Å². The maximum absolute atomic E-state index is 12.9. The molecule has 0 unspecified atom stereocenters. The quantitative estimate of drug-likeness (QED) is 0.696. The predicted molar refractivity (Wildman–Crippen MR) is 100 cm³/mol. The number of aryl methyl sites for hydroxylation is 2. The Hall–Kier alpha value is -2.59. The van der Waals surface area contributed by atoms with Crippen LogP contribution in [0.2, 0.25) is 5.15 Å². The second-order valence-electron chi connectivity index (χ2n) is 6.15. The topological polar surface area (TPSA) is 38.1 Å². The van der Waals surface area contributed by atoms with Crippen LogP contribution in [-0.2, 0) is 6.54 Å². The maximum atomic E-state index is 12.9. The molecule has 0 aliphatic carbocycles. The fourth-order valence-corrected chi connectivity index (χ4v) is 3.07. The van der Waals surface area contributed by atoms with E-state index in [1.165, 1.54) is 5.56 Å². The van der Waals surface area contributed by atoms with Gasteiger partial charge in [-0.3, -0.25) is 4.79 Å². The van der Waals surface area contributed by atoms with Crippen LogP contribution in [0.1, 0.15) is 27.2 Å². The van der Waals surface area contributed by atoms with Gasteiger partial charge in [-0.25, -0.2) is 4.68 Å². The van der Waals surface area contributed by atoms with Gasteiger partial charge in [-0.05, 0) is 31.5 Å². The van der Waals surface area contributed by atoms with Gasteiger partial charge in [0.15, 0.2) is 0 Å². The van der Waals surface area contributed by atoms with Gasteiger partial charge in [0.05, 0.1) is 16.9 Å². The van der Waals surface area contributed by atoms with E-state index in [4.69, 9.17) is 11.6 Å². The number of halogens is 1. The van der Waals surface area contributed by atoms with Crippen LogP contribution in [0, 0.1) is 13.8 Å². The summed E-state index contributed by atoms with van der Waals surface area (Å²) in [6.45, 7) is 4.36. The van der Waals surface area contributed by atoms with Crippen LogP contribution in [0.5, 0.6) is 0 Å². The third kappa shape index (κ3) is 3.59. The molecule has 0 aliphatic rings. The van der Waals surface area contributed by atoms with E-state index in [0.29, 0.717) is 23.0 Å². The lowest BCUT2D eigenvalue weighted by molar-refractivity contribution is 0.0784. The number of hydrogen-bond acceptors (Lipinski definition) is 2. The second kappa shape index (κ2) is 7.11. The molecule has 3 rings (SSSR count). The molecule has 0 saturated heterocycles. The monoisotopic (exact) mass is 353 g/mol. The zero-order chi connectivity index (χ0) is 18.0. The van der Waals surface area contributed by atoms with Crippen molar-refractivity contribution in [1.29, 1.82) is 0 Å². The Kier molecular flexibility index (Phi) is 4.91. The number of carbonyl (C=O) groups excluding carboxylic acids is 1. The summed E-state index contributed by atoms with van der Waals surface area (Å²) >= 11 is 6.48. The van der Waals surface area contributed by atoms with Crippen molar-refractivity contribution in [3.05, 3.63) is 82.1 Å². The molecule has 5 heteroatoms. The van der Waals surface area contributed by atoms with E-state index in [-0.39, 0.29) is 5.91 Å². The molecule has 0 spiro atoms. The van der Waals surface area contributed by atoms with Gasteiger partial charge in [-0.2, -0.15) is 5.10 Å². The Labute approximate surface area is 152 Å². The lowest BCUT2D eigenvalue weighted by Crippen LogP contribution is -2.26. The summed E-state index contributed by atoms with van der Waals surface area (Å²) in [5.74, 6) is -0.134. The molecule has 0 atom stereocenters. The van der Waals surface area contributed by atoms with Gasteiger partial charge in [0, 0.05) is 13.6 Å². The Balaban J connectivity index is 1.87. The SMILES string of the molecule is Cc1ccc(CN(C)C(=O)c2c(C)nn(-c3ccccc3)c2Cl)cc1. The van der Waals surface area contributed by atoms with Crippen LogP contribution in [0.15, 0.2) is 54.6 Å². The fraction of sp³-hybridized carbons (Fsp3) is 0.200. The highest BCUT2D eigenvalue weighted by Crippen LogP contribution is 2.25. The van der Waals surface area contributed by atoms with Crippen LogP contribution in [0.4, 0.5) is 0 Å². The summed E-state index contributed by atoms with van der Waals surface area (Å²) in [7, 11) is 1.78. The van der Waals surface area contributed by atoms with E-state index >= 15 is 0 Å². The molecule has 3 aromatic rings.